The molecule has 4 heteroatoms. The average molecular weight is 328 g/mol. The Morgan fingerprint density at radius 2 is 1.71 bits per heavy atom. The number of rotatable bonds is 4. The number of likely N-dealkylation sites (tertiary alicyclic amines) is 1. The van der Waals surface area contributed by atoms with Crippen LogP contribution in [0.4, 0.5) is 4.39 Å². The fourth-order valence-electron chi connectivity index (χ4n) is 3.73. The van der Waals surface area contributed by atoms with E-state index in [-0.39, 0.29) is 11.7 Å². The van der Waals surface area contributed by atoms with Crippen molar-refractivity contribution in [3.05, 3.63) is 59.2 Å². The van der Waals surface area contributed by atoms with Gasteiger partial charge >= 0.3 is 0 Å². The highest BCUT2D eigenvalue weighted by Gasteiger charge is 2.24. The molecular weight excluding hydrogens is 303 g/mol. The molecule has 1 saturated heterocycles. The molecule has 0 aliphatic carbocycles. The van der Waals surface area contributed by atoms with Crippen LogP contribution in [0.15, 0.2) is 36.4 Å². The zero-order valence-corrected chi connectivity index (χ0v) is 14.5. The molecule has 128 valence electrons. The van der Waals surface area contributed by atoms with E-state index in [0.717, 1.165) is 25.9 Å². The van der Waals surface area contributed by atoms with Crippen LogP contribution in [0.2, 0.25) is 0 Å². The van der Waals surface area contributed by atoms with Crippen molar-refractivity contribution >= 4 is 5.91 Å². The fraction of sp³-hybridized carbons (Fsp3) is 0.450. The van der Waals surface area contributed by atoms with Crippen LogP contribution in [-0.4, -0.2) is 28.5 Å². The Morgan fingerprint density at radius 3 is 2.33 bits per heavy atom. The summed E-state index contributed by atoms with van der Waals surface area (Å²) in [5, 5.41) is 0. The van der Waals surface area contributed by atoms with Crippen LogP contribution in [0.25, 0.3) is 0 Å². The molecule has 2 heterocycles. The van der Waals surface area contributed by atoms with Crippen LogP contribution in [0, 0.1) is 19.7 Å². The topological polar surface area (TPSA) is 25.2 Å². The molecule has 1 aromatic heterocycles. The van der Waals surface area contributed by atoms with E-state index in [1.54, 1.807) is 12.1 Å². The lowest BCUT2D eigenvalue weighted by Crippen LogP contribution is -2.39. The van der Waals surface area contributed by atoms with Gasteiger partial charge < -0.3 is 9.47 Å². The molecule has 2 aromatic rings. The molecule has 0 saturated carbocycles. The Bertz CT molecular complexity index is 695. The van der Waals surface area contributed by atoms with Crippen LogP contribution >= 0.6 is 0 Å². The number of amides is 1. The van der Waals surface area contributed by atoms with Crippen LogP contribution in [0.1, 0.15) is 42.3 Å². The normalized spacial score (nSPS) is 15.7. The summed E-state index contributed by atoms with van der Waals surface area (Å²) >= 11 is 0. The summed E-state index contributed by atoms with van der Waals surface area (Å²) in [6, 6.07) is 11.5. The van der Waals surface area contributed by atoms with E-state index in [0.29, 0.717) is 24.4 Å². The van der Waals surface area contributed by atoms with Crippen LogP contribution in [0.5, 0.6) is 0 Å². The number of carbonyl (C=O) groups is 1. The number of nitrogens with zero attached hydrogens (tertiary/aromatic N) is 2. The second-order valence-electron chi connectivity index (χ2n) is 6.69. The third-order valence-electron chi connectivity index (χ3n) is 5.07. The lowest BCUT2D eigenvalue weighted by atomic mass is 10.0. The SMILES string of the molecule is Cc1ccc(C)n1C1CCN(C(=O)CCc2ccccc2F)CC1. The number of halogens is 1. The van der Waals surface area contributed by atoms with Gasteiger partial charge in [-0.15, -0.1) is 0 Å². The van der Waals surface area contributed by atoms with Crippen molar-refractivity contribution in [2.45, 2.75) is 45.6 Å². The first-order valence-electron chi connectivity index (χ1n) is 8.72. The minimum absolute atomic E-state index is 0.137. The van der Waals surface area contributed by atoms with Crippen LogP contribution in [-0.2, 0) is 11.2 Å². The number of benzene rings is 1. The lowest BCUT2D eigenvalue weighted by Gasteiger charge is -2.34. The largest absolute Gasteiger partial charge is 0.346 e. The lowest BCUT2D eigenvalue weighted by molar-refractivity contribution is -0.132. The molecule has 0 spiro atoms. The summed E-state index contributed by atoms with van der Waals surface area (Å²) < 4.78 is 16.0. The quantitative estimate of drug-likeness (QED) is 0.831. The van der Waals surface area contributed by atoms with Crippen molar-refractivity contribution in [1.29, 1.82) is 0 Å². The standard InChI is InChI=1S/C20H25FN2O/c1-15-7-8-16(2)23(15)18-11-13-22(14-12-18)20(24)10-9-17-5-3-4-6-19(17)21/h3-8,18H,9-14H2,1-2H3. The number of aryl methyl sites for hydroxylation is 3. The number of piperidine rings is 1. The van der Waals surface area contributed by atoms with Gasteiger partial charge in [0, 0.05) is 36.9 Å². The summed E-state index contributed by atoms with van der Waals surface area (Å²) in [5.74, 6) is -0.0831. The number of hydrogen-bond acceptors (Lipinski definition) is 1. The van der Waals surface area contributed by atoms with Crippen molar-refractivity contribution in [1.82, 2.24) is 9.47 Å². The maximum atomic E-state index is 13.6. The summed E-state index contributed by atoms with van der Waals surface area (Å²) in [7, 11) is 0. The Morgan fingerprint density at radius 1 is 1.08 bits per heavy atom. The van der Waals surface area contributed by atoms with Crippen molar-refractivity contribution in [3.63, 3.8) is 0 Å². The number of hydrogen-bond donors (Lipinski definition) is 0. The molecule has 0 unspecified atom stereocenters. The summed E-state index contributed by atoms with van der Waals surface area (Å²) in [6.07, 6.45) is 2.83. The first-order valence-corrected chi connectivity index (χ1v) is 8.72. The summed E-state index contributed by atoms with van der Waals surface area (Å²) in [5.41, 5.74) is 3.20. The fourth-order valence-corrected chi connectivity index (χ4v) is 3.73. The molecule has 0 bridgehead atoms. The van der Waals surface area contributed by atoms with Crippen LogP contribution in [0.3, 0.4) is 0 Å². The van der Waals surface area contributed by atoms with Crippen molar-refractivity contribution in [2.75, 3.05) is 13.1 Å². The highest BCUT2D eigenvalue weighted by molar-refractivity contribution is 5.76. The van der Waals surface area contributed by atoms with E-state index in [2.05, 4.69) is 30.5 Å². The molecular formula is C20H25FN2O. The van der Waals surface area contributed by atoms with Gasteiger partial charge in [-0.05, 0) is 56.9 Å². The van der Waals surface area contributed by atoms with Gasteiger partial charge in [-0.2, -0.15) is 0 Å². The van der Waals surface area contributed by atoms with E-state index in [1.165, 1.54) is 17.5 Å². The van der Waals surface area contributed by atoms with Gasteiger partial charge in [0.25, 0.3) is 0 Å². The minimum atomic E-state index is -0.220. The molecule has 0 N–H and O–H groups in total. The van der Waals surface area contributed by atoms with E-state index in [9.17, 15) is 9.18 Å². The Hall–Kier alpha value is -2.10. The first kappa shape index (κ1) is 16.7. The molecule has 1 aliphatic heterocycles. The second kappa shape index (κ2) is 7.20. The molecule has 24 heavy (non-hydrogen) atoms. The molecule has 3 nitrogen and oxygen atoms in total. The van der Waals surface area contributed by atoms with Gasteiger partial charge in [0.15, 0.2) is 0 Å². The smallest absolute Gasteiger partial charge is 0.222 e. The third-order valence-corrected chi connectivity index (χ3v) is 5.07. The highest BCUT2D eigenvalue weighted by atomic mass is 19.1. The molecule has 0 atom stereocenters. The highest BCUT2D eigenvalue weighted by Crippen LogP contribution is 2.26. The van der Waals surface area contributed by atoms with E-state index in [4.69, 9.17) is 0 Å². The Kier molecular flexibility index (Phi) is 5.03. The predicted octanol–water partition coefficient (Wildman–Crippen LogP) is 4.04. The van der Waals surface area contributed by atoms with Crippen molar-refractivity contribution in [3.8, 4) is 0 Å². The minimum Gasteiger partial charge on any atom is -0.346 e. The van der Waals surface area contributed by atoms with Gasteiger partial charge in [-0.25, -0.2) is 4.39 Å². The van der Waals surface area contributed by atoms with Gasteiger partial charge in [0.1, 0.15) is 5.82 Å². The Balaban J connectivity index is 1.53. The summed E-state index contributed by atoms with van der Waals surface area (Å²) in [4.78, 5) is 14.3. The zero-order valence-electron chi connectivity index (χ0n) is 14.5. The van der Waals surface area contributed by atoms with Gasteiger partial charge in [0.05, 0.1) is 0 Å². The van der Waals surface area contributed by atoms with Crippen molar-refractivity contribution in [2.24, 2.45) is 0 Å². The van der Waals surface area contributed by atoms with E-state index >= 15 is 0 Å². The van der Waals surface area contributed by atoms with Crippen molar-refractivity contribution < 1.29 is 9.18 Å². The molecule has 1 amide bonds. The maximum absolute atomic E-state index is 13.6. The molecule has 0 radical (unpaired) electrons. The zero-order chi connectivity index (χ0) is 17.1. The maximum Gasteiger partial charge on any atom is 0.222 e. The monoisotopic (exact) mass is 328 g/mol. The Labute approximate surface area is 143 Å². The van der Waals surface area contributed by atoms with E-state index < -0.39 is 0 Å². The second-order valence-corrected chi connectivity index (χ2v) is 6.69. The predicted molar refractivity (Wildman–Crippen MR) is 93.5 cm³/mol. The number of aromatic nitrogens is 1. The molecule has 1 aliphatic rings. The van der Waals surface area contributed by atoms with Crippen LogP contribution < -0.4 is 0 Å². The van der Waals surface area contributed by atoms with Gasteiger partial charge in [-0.1, -0.05) is 18.2 Å². The molecule has 1 aromatic carbocycles. The third kappa shape index (κ3) is 3.53. The first-order chi connectivity index (χ1) is 11.6. The average Bonchev–Trinajstić information content (AvgIpc) is 2.93. The van der Waals surface area contributed by atoms with E-state index in [1.807, 2.05) is 11.0 Å². The molecule has 3 rings (SSSR count). The molecule has 1 fully saturated rings. The van der Waals surface area contributed by atoms with Gasteiger partial charge in [-0.3, -0.25) is 4.79 Å². The van der Waals surface area contributed by atoms with Gasteiger partial charge in [0.2, 0.25) is 5.91 Å². The number of carbonyl (C=O) groups excluding carboxylic acids is 1. The summed E-state index contributed by atoms with van der Waals surface area (Å²) in [6.45, 7) is 5.85.